The predicted molar refractivity (Wildman–Crippen MR) is 113 cm³/mol. The highest BCUT2D eigenvalue weighted by Gasteiger charge is 2.19. The zero-order valence-corrected chi connectivity index (χ0v) is 17.7. The van der Waals surface area contributed by atoms with E-state index in [-0.39, 0.29) is 17.1 Å². The van der Waals surface area contributed by atoms with E-state index in [2.05, 4.69) is 10.6 Å². The number of nitrogens with zero attached hydrogens (tertiary/aromatic N) is 1. The molecule has 0 spiro atoms. The molecule has 0 radical (unpaired) electrons. The van der Waals surface area contributed by atoms with Crippen LogP contribution in [0.25, 0.3) is 5.69 Å². The van der Waals surface area contributed by atoms with Crippen LogP contribution in [0, 0.1) is 31.3 Å². The minimum absolute atomic E-state index is 0.0242. The van der Waals surface area contributed by atoms with Crippen LogP contribution in [0.15, 0.2) is 48.5 Å². The number of amides is 2. The van der Waals surface area contributed by atoms with E-state index in [1.807, 2.05) is 0 Å². The average molecular weight is 459 g/mol. The van der Waals surface area contributed by atoms with E-state index in [1.54, 1.807) is 36.6 Å². The zero-order valence-electron chi connectivity index (χ0n) is 17.7. The second kappa shape index (κ2) is 10.0. The average Bonchev–Trinajstić information content (AvgIpc) is 3.08. The van der Waals surface area contributed by atoms with Gasteiger partial charge in [-0.1, -0.05) is 0 Å². The molecule has 10 heteroatoms. The molecular formula is C23H20F3N3O4. The van der Waals surface area contributed by atoms with Crippen LogP contribution in [-0.2, 0) is 14.3 Å². The highest BCUT2D eigenvalue weighted by molar-refractivity contribution is 5.96. The van der Waals surface area contributed by atoms with Gasteiger partial charge in [-0.3, -0.25) is 9.59 Å². The number of hydrogen-bond acceptors (Lipinski definition) is 4. The van der Waals surface area contributed by atoms with Crippen molar-refractivity contribution in [2.24, 2.45) is 0 Å². The molecule has 2 amide bonds. The number of benzene rings is 2. The third-order valence-electron chi connectivity index (χ3n) is 4.72. The number of carbonyl (C=O) groups is 3. The minimum Gasteiger partial charge on any atom is -0.452 e. The Morgan fingerprint density at radius 3 is 2.27 bits per heavy atom. The molecule has 7 nitrogen and oxygen atoms in total. The van der Waals surface area contributed by atoms with Gasteiger partial charge in [-0.15, -0.1) is 0 Å². The van der Waals surface area contributed by atoms with Gasteiger partial charge in [-0.25, -0.2) is 18.0 Å². The number of anilines is 1. The molecule has 3 rings (SSSR count). The Morgan fingerprint density at radius 2 is 1.61 bits per heavy atom. The van der Waals surface area contributed by atoms with E-state index in [9.17, 15) is 27.6 Å². The molecule has 0 saturated heterocycles. The van der Waals surface area contributed by atoms with Crippen LogP contribution in [0.5, 0.6) is 0 Å². The Kier molecular flexibility index (Phi) is 7.17. The molecule has 0 aliphatic heterocycles. The lowest BCUT2D eigenvalue weighted by Gasteiger charge is -2.10. The minimum atomic E-state index is -1.12. The van der Waals surface area contributed by atoms with Crippen molar-refractivity contribution < 1.29 is 32.3 Å². The van der Waals surface area contributed by atoms with Crippen LogP contribution in [0.3, 0.4) is 0 Å². The third-order valence-corrected chi connectivity index (χ3v) is 4.72. The van der Waals surface area contributed by atoms with Gasteiger partial charge in [0.25, 0.3) is 5.91 Å². The Morgan fingerprint density at radius 1 is 0.909 bits per heavy atom. The molecule has 172 valence electrons. The quantitative estimate of drug-likeness (QED) is 0.530. The van der Waals surface area contributed by atoms with E-state index in [0.717, 1.165) is 12.1 Å². The smallest absolute Gasteiger partial charge is 0.340 e. The molecule has 0 aliphatic rings. The van der Waals surface area contributed by atoms with Crippen molar-refractivity contribution in [3.8, 4) is 5.69 Å². The first-order valence-corrected chi connectivity index (χ1v) is 9.79. The van der Waals surface area contributed by atoms with Gasteiger partial charge in [0, 0.05) is 28.8 Å². The van der Waals surface area contributed by atoms with Gasteiger partial charge >= 0.3 is 5.97 Å². The maximum absolute atomic E-state index is 13.2. The largest absolute Gasteiger partial charge is 0.452 e. The summed E-state index contributed by atoms with van der Waals surface area (Å²) in [4.78, 5) is 36.2. The highest BCUT2D eigenvalue weighted by Crippen LogP contribution is 2.21. The van der Waals surface area contributed by atoms with Gasteiger partial charge in [0.05, 0.1) is 12.1 Å². The fraction of sp³-hybridized carbons (Fsp3) is 0.174. The number of rotatable bonds is 7. The molecule has 1 heterocycles. The van der Waals surface area contributed by atoms with Crippen LogP contribution in [0.1, 0.15) is 21.7 Å². The van der Waals surface area contributed by atoms with Crippen molar-refractivity contribution in [3.05, 3.63) is 82.9 Å². The summed E-state index contributed by atoms with van der Waals surface area (Å²) < 4.78 is 46.0. The van der Waals surface area contributed by atoms with Gasteiger partial charge in [-0.05, 0) is 56.3 Å². The van der Waals surface area contributed by atoms with E-state index in [1.165, 1.54) is 18.2 Å². The molecule has 0 atom stereocenters. The molecule has 2 N–H and O–H groups in total. The molecule has 2 aromatic carbocycles. The second-order valence-corrected chi connectivity index (χ2v) is 7.13. The highest BCUT2D eigenvalue weighted by atomic mass is 19.2. The van der Waals surface area contributed by atoms with Crippen LogP contribution in [-0.4, -0.2) is 35.5 Å². The molecular weight excluding hydrogens is 439 g/mol. The van der Waals surface area contributed by atoms with Crippen molar-refractivity contribution in [1.82, 2.24) is 9.88 Å². The van der Waals surface area contributed by atoms with Crippen LogP contribution in [0.2, 0.25) is 0 Å². The number of carbonyl (C=O) groups excluding carboxylic acids is 3. The topological polar surface area (TPSA) is 89.4 Å². The number of halogens is 3. The molecule has 1 aromatic heterocycles. The molecule has 0 aliphatic carbocycles. The maximum Gasteiger partial charge on any atom is 0.340 e. The van der Waals surface area contributed by atoms with E-state index in [0.29, 0.717) is 17.1 Å². The van der Waals surface area contributed by atoms with Gasteiger partial charge in [0.1, 0.15) is 5.82 Å². The summed E-state index contributed by atoms with van der Waals surface area (Å²) in [6.45, 7) is 2.37. The van der Waals surface area contributed by atoms with Crippen molar-refractivity contribution >= 4 is 23.5 Å². The maximum atomic E-state index is 13.2. The lowest BCUT2D eigenvalue weighted by molar-refractivity contribution is -0.126. The lowest BCUT2D eigenvalue weighted by atomic mass is 10.2. The fourth-order valence-corrected chi connectivity index (χ4v) is 3.17. The Bertz CT molecular complexity index is 1210. The summed E-state index contributed by atoms with van der Waals surface area (Å²) in [5.74, 6) is -4.70. The SMILES string of the molecule is Cc1cc(C(=O)OCC(=O)NCC(=O)Nc2ccc(F)c(F)c2)c(C)n1-c1ccc(F)cc1. The number of ether oxygens (including phenoxy) is 1. The fourth-order valence-electron chi connectivity index (χ4n) is 3.17. The zero-order chi connectivity index (χ0) is 24.1. The number of hydrogen-bond donors (Lipinski definition) is 2. The Balaban J connectivity index is 1.52. The van der Waals surface area contributed by atoms with Crippen LogP contribution < -0.4 is 10.6 Å². The predicted octanol–water partition coefficient (Wildman–Crippen LogP) is 3.42. The number of aryl methyl sites for hydroxylation is 1. The Labute approximate surface area is 187 Å². The van der Waals surface area contributed by atoms with Gasteiger partial charge in [0.15, 0.2) is 18.2 Å². The summed E-state index contributed by atoms with van der Waals surface area (Å²) in [6.07, 6.45) is 0. The van der Waals surface area contributed by atoms with Crippen molar-refractivity contribution in [2.75, 3.05) is 18.5 Å². The molecule has 33 heavy (non-hydrogen) atoms. The number of aromatic nitrogens is 1. The molecule has 0 saturated carbocycles. The van der Waals surface area contributed by atoms with Crippen molar-refractivity contribution in [1.29, 1.82) is 0 Å². The molecule has 0 unspecified atom stereocenters. The summed E-state index contributed by atoms with van der Waals surface area (Å²) in [7, 11) is 0. The van der Waals surface area contributed by atoms with Crippen molar-refractivity contribution in [2.45, 2.75) is 13.8 Å². The monoisotopic (exact) mass is 459 g/mol. The first-order valence-electron chi connectivity index (χ1n) is 9.79. The Hall–Kier alpha value is -4.08. The van der Waals surface area contributed by atoms with E-state index < -0.39 is 42.6 Å². The summed E-state index contributed by atoms with van der Waals surface area (Å²) in [5, 5.41) is 4.56. The van der Waals surface area contributed by atoms with Gasteiger partial charge < -0.3 is 19.9 Å². The summed E-state index contributed by atoms with van der Waals surface area (Å²) in [5.41, 5.74) is 2.19. The second-order valence-electron chi connectivity index (χ2n) is 7.13. The summed E-state index contributed by atoms with van der Waals surface area (Å²) >= 11 is 0. The standard InChI is InChI=1S/C23H20F3N3O4/c1-13-9-18(14(2)29(13)17-6-3-15(24)4-7-17)23(32)33-12-22(31)27-11-21(30)28-16-5-8-19(25)20(26)10-16/h3-10H,11-12H2,1-2H3,(H,27,31)(H,28,30). The first-order chi connectivity index (χ1) is 15.7. The van der Waals surface area contributed by atoms with E-state index in [4.69, 9.17) is 4.74 Å². The first kappa shape index (κ1) is 23.6. The van der Waals surface area contributed by atoms with Gasteiger partial charge in [0.2, 0.25) is 5.91 Å². The van der Waals surface area contributed by atoms with Crippen molar-refractivity contribution in [3.63, 3.8) is 0 Å². The number of esters is 1. The molecule has 0 bridgehead atoms. The van der Waals surface area contributed by atoms with Gasteiger partial charge in [-0.2, -0.15) is 0 Å². The summed E-state index contributed by atoms with van der Waals surface area (Å²) in [6, 6.07) is 10.2. The number of nitrogens with one attached hydrogen (secondary N) is 2. The third kappa shape index (κ3) is 5.79. The van der Waals surface area contributed by atoms with Crippen LogP contribution in [0.4, 0.5) is 18.9 Å². The van der Waals surface area contributed by atoms with Crippen LogP contribution >= 0.6 is 0 Å². The lowest BCUT2D eigenvalue weighted by Crippen LogP contribution is -2.35. The van der Waals surface area contributed by atoms with E-state index >= 15 is 0 Å². The normalized spacial score (nSPS) is 10.6. The molecule has 0 fully saturated rings. The molecule has 3 aromatic rings.